The third kappa shape index (κ3) is 2.27. The Morgan fingerprint density at radius 1 is 1.45 bits per heavy atom. The molecule has 0 amide bonds. The number of carbonyl (C=O) groups is 1. The molecule has 1 aliphatic rings. The molecule has 6 heteroatoms. The first kappa shape index (κ1) is 13.1. The molecule has 2 aromatic heterocycles. The van der Waals surface area contributed by atoms with Gasteiger partial charge in [-0.3, -0.25) is 0 Å². The molecule has 1 saturated heterocycles. The second-order valence-corrected chi connectivity index (χ2v) is 5.57. The Kier molecular flexibility index (Phi) is 3.17. The lowest BCUT2D eigenvalue weighted by Gasteiger charge is -2.19. The Morgan fingerprint density at radius 2 is 2.25 bits per heavy atom. The number of rotatable bonds is 3. The smallest absolute Gasteiger partial charge is 0.337 e. The number of pyridine rings is 1. The molecule has 0 radical (unpaired) electrons. The summed E-state index contributed by atoms with van der Waals surface area (Å²) in [5.74, 6) is 0.206. The fourth-order valence-corrected chi connectivity index (χ4v) is 2.67. The van der Waals surface area contributed by atoms with Gasteiger partial charge in [0, 0.05) is 24.7 Å². The van der Waals surface area contributed by atoms with Crippen molar-refractivity contribution in [3.8, 4) is 0 Å². The molecule has 0 bridgehead atoms. The number of fused-ring (bicyclic) bond motifs is 1. The predicted molar refractivity (Wildman–Crippen MR) is 74.0 cm³/mol. The van der Waals surface area contributed by atoms with Crippen LogP contribution >= 0.6 is 0 Å². The molecule has 3 heterocycles. The summed E-state index contributed by atoms with van der Waals surface area (Å²) in [5, 5.41) is 13.4. The van der Waals surface area contributed by atoms with Gasteiger partial charge in [-0.25, -0.2) is 14.3 Å². The average molecular weight is 274 g/mol. The Labute approximate surface area is 117 Å². The summed E-state index contributed by atoms with van der Waals surface area (Å²) in [6, 6.07) is 3.80. The molecule has 1 N–H and O–H groups in total. The molecule has 0 aromatic carbocycles. The highest BCUT2D eigenvalue weighted by Gasteiger charge is 2.28. The van der Waals surface area contributed by atoms with Crippen molar-refractivity contribution in [2.45, 2.75) is 32.2 Å². The molecule has 20 heavy (non-hydrogen) atoms. The third-order valence-corrected chi connectivity index (χ3v) is 3.91. The molecule has 0 saturated carbocycles. The molecule has 106 valence electrons. The van der Waals surface area contributed by atoms with Gasteiger partial charge in [-0.2, -0.15) is 5.10 Å². The monoisotopic (exact) mass is 274 g/mol. The minimum absolute atomic E-state index is 0.226. The summed E-state index contributed by atoms with van der Waals surface area (Å²) in [6.45, 7) is 6.43. The zero-order chi connectivity index (χ0) is 14.3. The van der Waals surface area contributed by atoms with E-state index in [0.29, 0.717) is 17.6 Å². The van der Waals surface area contributed by atoms with Gasteiger partial charge in [0.25, 0.3) is 0 Å². The number of carboxylic acid groups (broad SMARTS) is 1. The summed E-state index contributed by atoms with van der Waals surface area (Å²) in [7, 11) is 0. The highest BCUT2D eigenvalue weighted by atomic mass is 16.4. The van der Waals surface area contributed by atoms with Gasteiger partial charge >= 0.3 is 5.97 Å². The topological polar surface area (TPSA) is 70.7 Å². The SMILES string of the molecule is CC(C)N1CCC(c2nc3ccc(C(=O)O)cn3n2)C1. The highest BCUT2D eigenvalue weighted by molar-refractivity contribution is 5.87. The number of aromatic carboxylic acids is 1. The molecular formula is C14H18N4O2. The average Bonchev–Trinajstić information content (AvgIpc) is 3.04. The zero-order valence-electron chi connectivity index (χ0n) is 11.7. The zero-order valence-corrected chi connectivity index (χ0v) is 11.7. The number of hydrogen-bond acceptors (Lipinski definition) is 4. The van der Waals surface area contributed by atoms with E-state index in [1.54, 1.807) is 16.6 Å². The molecule has 2 aromatic rings. The van der Waals surface area contributed by atoms with Crippen molar-refractivity contribution in [1.29, 1.82) is 0 Å². The van der Waals surface area contributed by atoms with Gasteiger partial charge in [0.15, 0.2) is 11.5 Å². The Bertz CT molecular complexity index is 650. The Hall–Kier alpha value is -1.95. The van der Waals surface area contributed by atoms with Crippen molar-refractivity contribution < 1.29 is 9.90 Å². The van der Waals surface area contributed by atoms with Crippen LogP contribution in [0.4, 0.5) is 0 Å². The van der Waals surface area contributed by atoms with Gasteiger partial charge < -0.3 is 10.0 Å². The summed E-state index contributed by atoms with van der Waals surface area (Å²) in [5.41, 5.74) is 0.928. The lowest BCUT2D eigenvalue weighted by Crippen LogP contribution is -2.28. The van der Waals surface area contributed by atoms with Crippen LogP contribution in [-0.4, -0.2) is 49.7 Å². The summed E-state index contributed by atoms with van der Waals surface area (Å²) < 4.78 is 1.57. The van der Waals surface area contributed by atoms with Crippen LogP contribution in [0.3, 0.4) is 0 Å². The van der Waals surface area contributed by atoms with Crippen LogP contribution in [-0.2, 0) is 0 Å². The van der Waals surface area contributed by atoms with E-state index in [4.69, 9.17) is 5.11 Å². The van der Waals surface area contributed by atoms with Crippen LogP contribution < -0.4 is 0 Å². The summed E-state index contributed by atoms with van der Waals surface area (Å²) >= 11 is 0. The van der Waals surface area contributed by atoms with Crippen molar-refractivity contribution in [2.75, 3.05) is 13.1 Å². The van der Waals surface area contributed by atoms with E-state index in [9.17, 15) is 4.79 Å². The molecular weight excluding hydrogens is 256 g/mol. The molecule has 6 nitrogen and oxygen atoms in total. The van der Waals surface area contributed by atoms with E-state index in [1.165, 1.54) is 6.20 Å². The fraction of sp³-hybridized carbons (Fsp3) is 0.500. The second-order valence-electron chi connectivity index (χ2n) is 5.57. The minimum Gasteiger partial charge on any atom is -0.478 e. The van der Waals surface area contributed by atoms with Crippen LogP contribution in [0.25, 0.3) is 5.65 Å². The maximum atomic E-state index is 11.0. The first-order valence-corrected chi connectivity index (χ1v) is 6.88. The molecule has 1 fully saturated rings. The largest absolute Gasteiger partial charge is 0.478 e. The number of nitrogens with zero attached hydrogens (tertiary/aromatic N) is 4. The summed E-state index contributed by atoms with van der Waals surface area (Å²) in [6.07, 6.45) is 2.57. The summed E-state index contributed by atoms with van der Waals surface area (Å²) in [4.78, 5) is 17.9. The van der Waals surface area contributed by atoms with E-state index in [1.807, 2.05) is 0 Å². The van der Waals surface area contributed by atoms with E-state index in [2.05, 4.69) is 28.8 Å². The van der Waals surface area contributed by atoms with Crippen LogP contribution in [0.2, 0.25) is 0 Å². The lowest BCUT2D eigenvalue weighted by molar-refractivity contribution is 0.0696. The molecule has 1 unspecified atom stereocenters. The minimum atomic E-state index is -0.948. The third-order valence-electron chi connectivity index (χ3n) is 3.91. The van der Waals surface area contributed by atoms with Crippen molar-refractivity contribution in [1.82, 2.24) is 19.5 Å². The van der Waals surface area contributed by atoms with Gasteiger partial charge in [0.2, 0.25) is 0 Å². The van der Waals surface area contributed by atoms with Crippen LogP contribution in [0.15, 0.2) is 18.3 Å². The first-order valence-electron chi connectivity index (χ1n) is 6.88. The Morgan fingerprint density at radius 3 is 2.90 bits per heavy atom. The van der Waals surface area contributed by atoms with Gasteiger partial charge in [-0.1, -0.05) is 0 Å². The van der Waals surface area contributed by atoms with Gasteiger partial charge in [0.05, 0.1) is 5.56 Å². The second kappa shape index (κ2) is 4.86. The first-order chi connectivity index (χ1) is 9.54. The maximum absolute atomic E-state index is 11.0. The van der Waals surface area contributed by atoms with Gasteiger partial charge in [-0.15, -0.1) is 0 Å². The van der Waals surface area contributed by atoms with Crippen molar-refractivity contribution in [3.63, 3.8) is 0 Å². The molecule has 0 spiro atoms. The van der Waals surface area contributed by atoms with Crippen LogP contribution in [0, 0.1) is 0 Å². The normalized spacial score (nSPS) is 20.1. The molecule has 1 aliphatic heterocycles. The lowest BCUT2D eigenvalue weighted by atomic mass is 10.1. The quantitative estimate of drug-likeness (QED) is 0.921. The molecule has 0 aliphatic carbocycles. The van der Waals surface area contributed by atoms with E-state index < -0.39 is 5.97 Å². The van der Waals surface area contributed by atoms with E-state index >= 15 is 0 Å². The number of aromatic nitrogens is 3. The van der Waals surface area contributed by atoms with Gasteiger partial charge in [0.1, 0.15) is 0 Å². The van der Waals surface area contributed by atoms with Crippen molar-refractivity contribution in [3.05, 3.63) is 29.7 Å². The molecule has 3 rings (SSSR count). The van der Waals surface area contributed by atoms with E-state index in [-0.39, 0.29) is 5.56 Å². The molecule has 1 atom stereocenters. The standard InChI is InChI=1S/C14H18N4O2/c1-9(2)17-6-5-10(7-17)13-15-12-4-3-11(14(19)20)8-18(12)16-13/h3-4,8-10H,5-7H2,1-2H3,(H,19,20). The van der Waals surface area contributed by atoms with Crippen LogP contribution in [0.1, 0.15) is 42.4 Å². The van der Waals surface area contributed by atoms with Crippen LogP contribution in [0.5, 0.6) is 0 Å². The number of hydrogen-bond donors (Lipinski definition) is 1. The Balaban J connectivity index is 1.88. The van der Waals surface area contributed by atoms with E-state index in [0.717, 1.165) is 25.3 Å². The number of likely N-dealkylation sites (tertiary alicyclic amines) is 1. The highest BCUT2D eigenvalue weighted by Crippen LogP contribution is 2.26. The fourth-order valence-electron chi connectivity index (χ4n) is 2.67. The van der Waals surface area contributed by atoms with Crippen molar-refractivity contribution in [2.24, 2.45) is 0 Å². The maximum Gasteiger partial charge on any atom is 0.337 e. The number of carboxylic acids is 1. The van der Waals surface area contributed by atoms with Crippen molar-refractivity contribution >= 4 is 11.6 Å². The predicted octanol–water partition coefficient (Wildman–Crippen LogP) is 1.63. The van der Waals surface area contributed by atoms with Gasteiger partial charge in [-0.05, 0) is 38.9 Å².